The molecule has 4 aromatic rings. The second-order valence-corrected chi connectivity index (χ2v) is 11.5. The van der Waals surface area contributed by atoms with Crippen molar-refractivity contribution in [2.24, 2.45) is 5.92 Å². The fourth-order valence-electron chi connectivity index (χ4n) is 5.48. The number of urea groups is 1. The molecule has 1 heterocycles. The Bertz CT molecular complexity index is 1550. The van der Waals surface area contributed by atoms with Crippen LogP contribution in [0.2, 0.25) is 0 Å². The van der Waals surface area contributed by atoms with Gasteiger partial charge >= 0.3 is 6.03 Å². The minimum absolute atomic E-state index is 0.0600. The Balaban J connectivity index is 1.37. The molecule has 8 heteroatoms. The molecule has 0 aliphatic carbocycles. The Kier molecular flexibility index (Phi) is 9.94. The number of benzene rings is 4. The molecule has 44 heavy (non-hydrogen) atoms. The SMILES string of the molecule is C[C@H](CO)N1C[C@H](C)[C@@H](CN(C)Cc2ccc(-c3ccccc3)cc2)Oc2c(NC(=O)Nc3ccccc3)cccc2C1=O. The third-order valence-electron chi connectivity index (χ3n) is 7.98. The van der Waals surface area contributed by atoms with E-state index in [4.69, 9.17) is 4.74 Å². The zero-order valence-electron chi connectivity index (χ0n) is 25.4. The van der Waals surface area contributed by atoms with E-state index in [1.165, 1.54) is 16.7 Å². The van der Waals surface area contributed by atoms with Crippen molar-refractivity contribution in [1.29, 1.82) is 0 Å². The summed E-state index contributed by atoms with van der Waals surface area (Å²) in [5.41, 5.74) is 4.92. The molecule has 0 saturated carbocycles. The highest BCUT2D eigenvalue weighted by atomic mass is 16.5. The second kappa shape index (κ2) is 14.2. The van der Waals surface area contributed by atoms with Gasteiger partial charge in [0.2, 0.25) is 0 Å². The van der Waals surface area contributed by atoms with Crippen LogP contribution in [0.5, 0.6) is 5.75 Å². The van der Waals surface area contributed by atoms with Crippen LogP contribution in [0.25, 0.3) is 11.1 Å². The van der Waals surface area contributed by atoms with E-state index >= 15 is 0 Å². The van der Waals surface area contributed by atoms with E-state index in [-0.39, 0.29) is 30.6 Å². The molecule has 1 aliphatic heterocycles. The molecule has 1 aliphatic rings. The smallest absolute Gasteiger partial charge is 0.323 e. The number of aliphatic hydroxyl groups excluding tert-OH is 1. The summed E-state index contributed by atoms with van der Waals surface area (Å²) < 4.78 is 6.65. The fraction of sp³-hybridized carbons (Fsp3) is 0.278. The van der Waals surface area contributed by atoms with Gasteiger partial charge in [-0.15, -0.1) is 0 Å². The first-order valence-corrected chi connectivity index (χ1v) is 15.0. The van der Waals surface area contributed by atoms with Crippen LogP contribution in [-0.2, 0) is 6.54 Å². The average Bonchev–Trinajstić information content (AvgIpc) is 3.04. The van der Waals surface area contributed by atoms with E-state index in [9.17, 15) is 14.7 Å². The van der Waals surface area contributed by atoms with Gasteiger partial charge in [-0.3, -0.25) is 9.69 Å². The maximum atomic E-state index is 13.8. The van der Waals surface area contributed by atoms with E-state index in [2.05, 4.69) is 65.9 Å². The Morgan fingerprint density at radius 2 is 1.59 bits per heavy atom. The van der Waals surface area contributed by atoms with E-state index in [0.717, 1.165) is 0 Å². The van der Waals surface area contributed by atoms with Crippen molar-refractivity contribution in [2.45, 2.75) is 32.5 Å². The van der Waals surface area contributed by atoms with Crippen molar-refractivity contribution in [3.8, 4) is 16.9 Å². The maximum Gasteiger partial charge on any atom is 0.323 e. The number of anilines is 2. The van der Waals surface area contributed by atoms with Crippen molar-refractivity contribution in [3.63, 3.8) is 0 Å². The minimum atomic E-state index is -0.441. The molecule has 4 aromatic carbocycles. The zero-order chi connectivity index (χ0) is 31.1. The topological polar surface area (TPSA) is 94.1 Å². The predicted octanol–water partition coefficient (Wildman–Crippen LogP) is 6.35. The molecule has 0 bridgehead atoms. The van der Waals surface area contributed by atoms with Gasteiger partial charge in [-0.2, -0.15) is 0 Å². The third-order valence-corrected chi connectivity index (χ3v) is 7.98. The van der Waals surface area contributed by atoms with Crippen LogP contribution in [0, 0.1) is 5.92 Å². The summed E-state index contributed by atoms with van der Waals surface area (Å²) in [5.74, 6) is 0.0223. The van der Waals surface area contributed by atoms with Gasteiger partial charge in [0.05, 0.1) is 23.9 Å². The number of carbonyl (C=O) groups excluding carboxylic acids is 2. The first-order chi connectivity index (χ1) is 21.3. The number of nitrogens with one attached hydrogen (secondary N) is 2. The molecule has 0 aromatic heterocycles. The lowest BCUT2D eigenvalue weighted by atomic mass is 9.98. The third kappa shape index (κ3) is 7.45. The lowest BCUT2D eigenvalue weighted by Crippen LogP contribution is -2.49. The summed E-state index contributed by atoms with van der Waals surface area (Å²) in [7, 11) is 2.05. The predicted molar refractivity (Wildman–Crippen MR) is 175 cm³/mol. The number of ether oxygens (including phenoxy) is 1. The summed E-state index contributed by atoms with van der Waals surface area (Å²) >= 11 is 0. The van der Waals surface area contributed by atoms with Gasteiger partial charge < -0.3 is 25.4 Å². The van der Waals surface area contributed by atoms with Gasteiger partial charge in [0.15, 0.2) is 5.75 Å². The molecule has 5 rings (SSSR count). The van der Waals surface area contributed by atoms with Crippen molar-refractivity contribution in [3.05, 3.63) is 114 Å². The highest BCUT2D eigenvalue weighted by molar-refractivity contribution is 6.04. The monoisotopic (exact) mass is 592 g/mol. The molecule has 3 atom stereocenters. The largest absolute Gasteiger partial charge is 0.486 e. The summed E-state index contributed by atoms with van der Waals surface area (Å²) in [6, 6.07) is 32.4. The van der Waals surface area contributed by atoms with Gasteiger partial charge in [0, 0.05) is 31.2 Å². The number of nitrogens with zero attached hydrogens (tertiary/aromatic N) is 2. The normalized spacial score (nSPS) is 17.2. The molecule has 0 saturated heterocycles. The van der Waals surface area contributed by atoms with Crippen molar-refractivity contribution < 1.29 is 19.4 Å². The molecule has 0 fully saturated rings. The molecule has 0 radical (unpaired) electrons. The van der Waals surface area contributed by atoms with Crippen LogP contribution in [0.1, 0.15) is 29.8 Å². The van der Waals surface area contributed by atoms with Crippen LogP contribution in [0.3, 0.4) is 0 Å². The van der Waals surface area contributed by atoms with Gasteiger partial charge in [-0.25, -0.2) is 4.79 Å². The Labute approximate surface area is 259 Å². The summed E-state index contributed by atoms with van der Waals surface area (Å²) in [5, 5.41) is 15.7. The molecular weight excluding hydrogens is 552 g/mol. The highest BCUT2D eigenvalue weighted by Crippen LogP contribution is 2.35. The number of carbonyl (C=O) groups is 2. The van der Waals surface area contributed by atoms with E-state index in [0.29, 0.717) is 42.3 Å². The number of likely N-dealkylation sites (N-methyl/N-ethyl adjacent to an activating group) is 1. The Morgan fingerprint density at radius 3 is 2.27 bits per heavy atom. The highest BCUT2D eigenvalue weighted by Gasteiger charge is 2.34. The van der Waals surface area contributed by atoms with Crippen LogP contribution in [-0.4, -0.2) is 65.7 Å². The van der Waals surface area contributed by atoms with E-state index < -0.39 is 6.03 Å². The lowest BCUT2D eigenvalue weighted by Gasteiger charge is -2.38. The fourth-order valence-corrected chi connectivity index (χ4v) is 5.48. The van der Waals surface area contributed by atoms with Gasteiger partial charge in [-0.05, 0) is 54.9 Å². The molecule has 3 amide bonds. The molecule has 0 unspecified atom stereocenters. The standard InChI is InChI=1S/C36H40N4O4/c1-25-21-40(26(2)24-41)35(42)31-15-10-16-32(38-36(43)37-30-13-8-5-9-14-30)34(31)44-33(25)23-39(3)22-27-17-19-29(20-18-27)28-11-6-4-7-12-28/h4-20,25-26,33,41H,21-24H2,1-3H3,(H2,37,38,43)/t25-,26+,33+/m0/s1. The van der Waals surface area contributed by atoms with Crippen molar-refractivity contribution in [2.75, 3.05) is 37.4 Å². The Morgan fingerprint density at radius 1 is 0.932 bits per heavy atom. The van der Waals surface area contributed by atoms with Crippen LogP contribution in [0.15, 0.2) is 103 Å². The summed E-state index contributed by atoms with van der Waals surface area (Å²) in [6.07, 6.45) is -0.302. The molecular formula is C36H40N4O4. The first kappa shape index (κ1) is 30.8. The number of fused-ring (bicyclic) bond motifs is 1. The van der Waals surface area contributed by atoms with Gasteiger partial charge in [0.25, 0.3) is 5.91 Å². The van der Waals surface area contributed by atoms with E-state index in [1.807, 2.05) is 43.3 Å². The van der Waals surface area contributed by atoms with E-state index in [1.54, 1.807) is 35.2 Å². The van der Waals surface area contributed by atoms with Gasteiger partial charge in [0.1, 0.15) is 6.10 Å². The average molecular weight is 593 g/mol. The number of hydrogen-bond donors (Lipinski definition) is 3. The number of rotatable bonds is 9. The number of hydrogen-bond acceptors (Lipinski definition) is 5. The minimum Gasteiger partial charge on any atom is -0.486 e. The number of aliphatic hydroxyl groups is 1. The molecule has 8 nitrogen and oxygen atoms in total. The quantitative estimate of drug-likeness (QED) is 0.211. The first-order valence-electron chi connectivity index (χ1n) is 15.0. The lowest BCUT2D eigenvalue weighted by molar-refractivity contribution is 0.0343. The zero-order valence-corrected chi connectivity index (χ0v) is 25.4. The summed E-state index contributed by atoms with van der Waals surface area (Å²) in [6.45, 7) is 5.46. The second-order valence-electron chi connectivity index (χ2n) is 11.5. The van der Waals surface area contributed by atoms with Gasteiger partial charge in [-0.1, -0.05) is 85.8 Å². The maximum absolute atomic E-state index is 13.8. The molecule has 228 valence electrons. The molecule has 3 N–H and O–H groups in total. The van der Waals surface area contributed by atoms with Crippen LogP contribution < -0.4 is 15.4 Å². The van der Waals surface area contributed by atoms with Crippen LogP contribution >= 0.6 is 0 Å². The van der Waals surface area contributed by atoms with Crippen LogP contribution in [0.4, 0.5) is 16.2 Å². The number of amides is 3. The number of para-hydroxylation sites is 2. The summed E-state index contributed by atoms with van der Waals surface area (Å²) in [4.78, 5) is 30.6. The van der Waals surface area contributed by atoms with Crippen molar-refractivity contribution >= 4 is 23.3 Å². The van der Waals surface area contributed by atoms with Crippen molar-refractivity contribution in [1.82, 2.24) is 9.80 Å². The Hall–Kier alpha value is -4.66. The molecule has 0 spiro atoms.